The third-order valence-corrected chi connectivity index (χ3v) is 2.59. The molecule has 0 saturated heterocycles. The number of amides is 1. The molecule has 0 aromatic heterocycles. The summed E-state index contributed by atoms with van der Waals surface area (Å²) in [5.74, 6) is 0. The number of nitrogens with zero attached hydrogens (tertiary/aromatic N) is 1. The molecule has 1 aliphatic rings. The van der Waals surface area contributed by atoms with Crippen LogP contribution >= 0.6 is 0 Å². The maximum Gasteiger partial charge on any atom is 0.405 e. The van der Waals surface area contributed by atoms with Gasteiger partial charge in [0.1, 0.15) is 6.10 Å². The Morgan fingerprint density at radius 3 is 3.07 bits per heavy atom. The van der Waals surface area contributed by atoms with E-state index in [-0.39, 0.29) is 6.10 Å². The Morgan fingerprint density at radius 1 is 1.60 bits per heavy atom. The Balaban J connectivity index is 2.36. The van der Waals surface area contributed by atoms with Crippen LogP contribution in [0.25, 0.3) is 0 Å². The van der Waals surface area contributed by atoms with Crippen molar-refractivity contribution in [3.8, 4) is 6.07 Å². The summed E-state index contributed by atoms with van der Waals surface area (Å²) in [7, 11) is 0. The molecular weight excluding hydrogens is 192 g/mol. The molecular formula is C11H10N2O2. The van der Waals surface area contributed by atoms with E-state index in [1.165, 1.54) is 0 Å². The zero-order valence-electron chi connectivity index (χ0n) is 8.06. The van der Waals surface area contributed by atoms with Crippen LogP contribution < -0.4 is 5.73 Å². The molecule has 1 atom stereocenters. The van der Waals surface area contributed by atoms with Crippen LogP contribution in [0.3, 0.4) is 0 Å². The van der Waals surface area contributed by atoms with Crippen molar-refractivity contribution < 1.29 is 9.53 Å². The number of fused-ring (bicyclic) bond motifs is 1. The maximum absolute atomic E-state index is 10.7. The van der Waals surface area contributed by atoms with Crippen molar-refractivity contribution in [3.05, 3.63) is 34.9 Å². The van der Waals surface area contributed by atoms with E-state index in [4.69, 9.17) is 15.7 Å². The normalized spacial score (nSPS) is 17.9. The number of carbonyl (C=O) groups excluding carboxylic acids is 1. The van der Waals surface area contributed by atoms with Crippen molar-refractivity contribution in [2.75, 3.05) is 0 Å². The van der Waals surface area contributed by atoms with Gasteiger partial charge in [0, 0.05) is 0 Å². The van der Waals surface area contributed by atoms with E-state index in [0.717, 1.165) is 17.5 Å². The van der Waals surface area contributed by atoms with Crippen LogP contribution in [-0.4, -0.2) is 6.09 Å². The van der Waals surface area contributed by atoms with Crippen molar-refractivity contribution in [2.24, 2.45) is 5.73 Å². The zero-order chi connectivity index (χ0) is 10.8. The predicted molar refractivity (Wildman–Crippen MR) is 52.9 cm³/mol. The minimum atomic E-state index is -0.768. The van der Waals surface area contributed by atoms with Crippen LogP contribution in [0.1, 0.15) is 29.2 Å². The molecule has 1 aromatic rings. The Morgan fingerprint density at radius 2 is 2.40 bits per heavy atom. The number of hydrogen-bond donors (Lipinski definition) is 1. The summed E-state index contributed by atoms with van der Waals surface area (Å²) in [5, 5.41) is 8.89. The molecule has 1 aliphatic carbocycles. The summed E-state index contributed by atoms with van der Waals surface area (Å²) < 4.78 is 4.97. The topological polar surface area (TPSA) is 76.1 Å². The highest BCUT2D eigenvalue weighted by atomic mass is 16.6. The number of rotatable bonds is 1. The monoisotopic (exact) mass is 202 g/mol. The van der Waals surface area contributed by atoms with Crippen LogP contribution in [0.2, 0.25) is 0 Å². The van der Waals surface area contributed by atoms with Gasteiger partial charge in [0.2, 0.25) is 0 Å². The van der Waals surface area contributed by atoms with E-state index in [1.54, 1.807) is 12.1 Å². The molecule has 4 heteroatoms. The second kappa shape index (κ2) is 3.62. The largest absolute Gasteiger partial charge is 0.441 e. The molecule has 15 heavy (non-hydrogen) atoms. The highest BCUT2D eigenvalue weighted by molar-refractivity contribution is 5.65. The summed E-state index contributed by atoms with van der Waals surface area (Å²) in [5.41, 5.74) is 7.52. The highest BCUT2D eigenvalue weighted by Crippen LogP contribution is 2.35. The van der Waals surface area contributed by atoms with Gasteiger partial charge in [0.15, 0.2) is 0 Å². The molecule has 0 bridgehead atoms. The third kappa shape index (κ3) is 1.64. The van der Waals surface area contributed by atoms with E-state index in [1.807, 2.05) is 6.07 Å². The summed E-state index contributed by atoms with van der Waals surface area (Å²) in [4.78, 5) is 10.7. The van der Waals surface area contributed by atoms with Gasteiger partial charge in [-0.1, -0.05) is 12.1 Å². The lowest BCUT2D eigenvalue weighted by atomic mass is 10.0. The quantitative estimate of drug-likeness (QED) is 0.752. The van der Waals surface area contributed by atoms with Gasteiger partial charge in [-0.3, -0.25) is 0 Å². The zero-order valence-corrected chi connectivity index (χ0v) is 8.06. The molecule has 0 spiro atoms. The van der Waals surface area contributed by atoms with E-state index in [2.05, 4.69) is 6.07 Å². The van der Waals surface area contributed by atoms with Gasteiger partial charge in [0.05, 0.1) is 11.6 Å². The predicted octanol–water partition coefficient (Wildman–Crippen LogP) is 1.64. The molecule has 1 amide bonds. The fourth-order valence-electron chi connectivity index (χ4n) is 1.98. The molecule has 0 fully saturated rings. The van der Waals surface area contributed by atoms with Crippen LogP contribution in [0.4, 0.5) is 4.79 Å². The van der Waals surface area contributed by atoms with Gasteiger partial charge in [-0.15, -0.1) is 0 Å². The van der Waals surface area contributed by atoms with Crippen molar-refractivity contribution in [1.82, 2.24) is 0 Å². The van der Waals surface area contributed by atoms with Gasteiger partial charge in [0.25, 0.3) is 0 Å². The number of nitriles is 1. The number of hydrogen-bond acceptors (Lipinski definition) is 3. The number of carbonyl (C=O) groups is 1. The lowest BCUT2D eigenvalue weighted by Crippen LogP contribution is -2.15. The summed E-state index contributed by atoms with van der Waals surface area (Å²) in [6.07, 6.45) is 0.412. The second-order valence-electron chi connectivity index (χ2n) is 3.45. The average Bonchev–Trinajstić information content (AvgIpc) is 2.61. The summed E-state index contributed by atoms with van der Waals surface area (Å²) in [6, 6.07) is 7.56. The minimum Gasteiger partial charge on any atom is -0.441 e. The second-order valence-corrected chi connectivity index (χ2v) is 3.45. The summed E-state index contributed by atoms with van der Waals surface area (Å²) >= 11 is 0. The molecule has 0 radical (unpaired) electrons. The third-order valence-electron chi connectivity index (χ3n) is 2.59. The van der Waals surface area contributed by atoms with E-state index in [0.29, 0.717) is 12.0 Å². The smallest absolute Gasteiger partial charge is 0.405 e. The first-order valence-electron chi connectivity index (χ1n) is 4.70. The standard InChI is InChI=1S/C11H10N2O2/c12-6-7-2-1-3-9-8(7)4-5-10(9)15-11(13)14/h1-3,10H,4-5H2,(H2,13,14)/t10-/m0/s1. The van der Waals surface area contributed by atoms with Crippen LogP contribution in [-0.2, 0) is 11.2 Å². The fourth-order valence-corrected chi connectivity index (χ4v) is 1.98. The van der Waals surface area contributed by atoms with Gasteiger partial charge in [-0.05, 0) is 30.0 Å². The number of nitrogens with two attached hydrogens (primary N) is 1. The molecule has 1 aromatic carbocycles. The summed E-state index contributed by atoms with van der Waals surface area (Å²) in [6.45, 7) is 0. The van der Waals surface area contributed by atoms with Gasteiger partial charge >= 0.3 is 6.09 Å². The fraction of sp³-hybridized carbons (Fsp3) is 0.273. The number of primary amides is 1. The van der Waals surface area contributed by atoms with Gasteiger partial charge in [-0.25, -0.2) is 4.79 Å². The first kappa shape index (κ1) is 9.53. The number of ether oxygens (including phenoxy) is 1. The first-order chi connectivity index (χ1) is 7.22. The van der Waals surface area contributed by atoms with E-state index in [9.17, 15) is 4.79 Å². The van der Waals surface area contributed by atoms with Crippen molar-refractivity contribution in [1.29, 1.82) is 5.26 Å². The van der Waals surface area contributed by atoms with Gasteiger partial charge in [-0.2, -0.15) is 5.26 Å². The van der Waals surface area contributed by atoms with Crippen molar-refractivity contribution >= 4 is 6.09 Å². The van der Waals surface area contributed by atoms with E-state index >= 15 is 0 Å². The van der Waals surface area contributed by atoms with Crippen molar-refractivity contribution in [2.45, 2.75) is 18.9 Å². The number of benzene rings is 1. The molecule has 0 heterocycles. The van der Waals surface area contributed by atoms with Crippen LogP contribution in [0.15, 0.2) is 18.2 Å². The first-order valence-corrected chi connectivity index (χ1v) is 4.70. The average molecular weight is 202 g/mol. The van der Waals surface area contributed by atoms with Crippen LogP contribution in [0.5, 0.6) is 0 Å². The SMILES string of the molecule is N#Cc1cccc2c1CC[C@@H]2OC(N)=O. The highest BCUT2D eigenvalue weighted by Gasteiger charge is 2.26. The lowest BCUT2D eigenvalue weighted by Gasteiger charge is -2.10. The Bertz CT molecular complexity index is 448. The molecule has 0 aliphatic heterocycles. The molecule has 2 rings (SSSR count). The maximum atomic E-state index is 10.7. The minimum absolute atomic E-state index is 0.286. The molecule has 4 nitrogen and oxygen atoms in total. The Labute approximate surface area is 87.3 Å². The Kier molecular flexibility index (Phi) is 2.30. The Hall–Kier alpha value is -2.02. The van der Waals surface area contributed by atoms with E-state index < -0.39 is 6.09 Å². The molecule has 2 N–H and O–H groups in total. The van der Waals surface area contributed by atoms with Crippen molar-refractivity contribution in [3.63, 3.8) is 0 Å². The van der Waals surface area contributed by atoms with Gasteiger partial charge < -0.3 is 10.5 Å². The molecule has 0 saturated carbocycles. The molecule has 76 valence electrons. The van der Waals surface area contributed by atoms with Crippen LogP contribution in [0, 0.1) is 11.3 Å². The molecule has 0 unspecified atom stereocenters. The lowest BCUT2D eigenvalue weighted by molar-refractivity contribution is 0.107.